The minimum atomic E-state index is -4.50. The van der Waals surface area contributed by atoms with E-state index in [2.05, 4.69) is 5.32 Å². The highest BCUT2D eigenvalue weighted by Crippen LogP contribution is 2.40. The molecule has 152 valence electrons. The maximum absolute atomic E-state index is 12.9. The summed E-state index contributed by atoms with van der Waals surface area (Å²) in [6, 6.07) is 12.1. The van der Waals surface area contributed by atoms with Crippen molar-refractivity contribution in [2.45, 2.75) is 31.1 Å². The monoisotopic (exact) mass is 420 g/mol. The molecule has 0 spiro atoms. The number of ether oxygens (including phenoxy) is 1. The van der Waals surface area contributed by atoms with E-state index in [1.807, 2.05) is 36.1 Å². The number of nitrogens with one attached hydrogen (secondary N) is 1. The molecule has 0 radical (unpaired) electrons. The second-order valence-electron chi connectivity index (χ2n) is 7.48. The molecule has 8 heteroatoms. The van der Waals surface area contributed by atoms with E-state index in [1.54, 1.807) is 0 Å². The third-order valence-electron chi connectivity index (χ3n) is 5.48. The van der Waals surface area contributed by atoms with Gasteiger partial charge >= 0.3 is 6.18 Å². The molecule has 2 aromatic rings. The number of carbonyl (C=O) groups excluding carboxylic acids is 1. The smallest absolute Gasteiger partial charge is 0.416 e. The van der Waals surface area contributed by atoms with Gasteiger partial charge in [-0.15, -0.1) is 0 Å². The van der Waals surface area contributed by atoms with Crippen molar-refractivity contribution in [1.82, 2.24) is 10.2 Å². The third kappa shape index (κ3) is 3.57. The summed E-state index contributed by atoms with van der Waals surface area (Å²) in [4.78, 5) is 15.3. The van der Waals surface area contributed by atoms with Crippen LogP contribution in [-0.2, 0) is 6.18 Å². The van der Waals surface area contributed by atoms with Crippen LogP contribution in [0.15, 0.2) is 48.5 Å². The summed E-state index contributed by atoms with van der Waals surface area (Å²) in [7, 11) is 0. The fourth-order valence-corrected chi connectivity index (χ4v) is 4.22. The Morgan fingerprint density at radius 2 is 2.00 bits per heavy atom. The Balaban J connectivity index is 1.52. The lowest BCUT2D eigenvalue weighted by atomic mass is 10.00. The van der Waals surface area contributed by atoms with E-state index >= 15 is 0 Å². The molecule has 1 N–H and O–H groups in total. The highest BCUT2D eigenvalue weighted by molar-refractivity contribution is 7.80. The topological polar surface area (TPSA) is 41.6 Å². The minimum Gasteiger partial charge on any atom is -0.491 e. The van der Waals surface area contributed by atoms with Gasteiger partial charge in [0.2, 0.25) is 0 Å². The summed E-state index contributed by atoms with van der Waals surface area (Å²) in [5.41, 5.74) is -0.677. The Bertz CT molecular complexity index is 978. The normalized spacial score (nSPS) is 23.7. The van der Waals surface area contributed by atoms with Crippen LogP contribution >= 0.6 is 12.2 Å². The Hall–Kier alpha value is -2.61. The second kappa shape index (κ2) is 7.02. The molecule has 1 fully saturated rings. The minimum absolute atomic E-state index is 0.0361. The van der Waals surface area contributed by atoms with Crippen molar-refractivity contribution >= 4 is 23.1 Å². The number of amides is 1. The molecule has 2 aliphatic heterocycles. The first kappa shape index (κ1) is 19.7. The molecule has 4 rings (SSSR count). The standard InChI is InChI=1S/C21H19F3N2O2S/c1-20(25-18(27)13-5-4-6-14(11-13)21(22,23)24)9-10-26(19(20)29)16-12-28-17-8-3-2-7-15(16)17/h2-8,11,16H,9-10,12H2,1H3,(H,25,27)/t16-,20+/m1/s1. The van der Waals surface area contributed by atoms with Gasteiger partial charge in [0, 0.05) is 17.7 Å². The zero-order valence-electron chi connectivity index (χ0n) is 15.6. The van der Waals surface area contributed by atoms with Crippen molar-refractivity contribution in [2.24, 2.45) is 0 Å². The third-order valence-corrected chi connectivity index (χ3v) is 6.16. The molecule has 0 saturated carbocycles. The molecule has 2 atom stereocenters. The van der Waals surface area contributed by atoms with E-state index in [4.69, 9.17) is 17.0 Å². The SMILES string of the molecule is C[C@]1(NC(=O)c2cccc(C(F)(F)F)c2)CCN([C@@H]2COc3ccccc32)C1=S. The van der Waals surface area contributed by atoms with Gasteiger partial charge in [-0.1, -0.05) is 36.5 Å². The number of hydrogen-bond acceptors (Lipinski definition) is 3. The first-order valence-electron chi connectivity index (χ1n) is 9.22. The number of halogens is 3. The van der Waals surface area contributed by atoms with E-state index < -0.39 is 23.2 Å². The number of alkyl halides is 3. The van der Waals surface area contributed by atoms with Crippen LogP contribution < -0.4 is 10.1 Å². The summed E-state index contributed by atoms with van der Waals surface area (Å²) in [6.45, 7) is 2.90. The fourth-order valence-electron chi connectivity index (χ4n) is 3.85. The summed E-state index contributed by atoms with van der Waals surface area (Å²) in [6.07, 6.45) is -3.94. The molecule has 0 bridgehead atoms. The van der Waals surface area contributed by atoms with Crippen LogP contribution in [0.2, 0.25) is 0 Å². The zero-order valence-corrected chi connectivity index (χ0v) is 16.4. The Labute approximate surface area is 171 Å². The van der Waals surface area contributed by atoms with Gasteiger partial charge in [-0.05, 0) is 37.6 Å². The number of hydrogen-bond donors (Lipinski definition) is 1. The Morgan fingerprint density at radius 1 is 1.24 bits per heavy atom. The van der Waals surface area contributed by atoms with Gasteiger partial charge < -0.3 is 15.0 Å². The predicted molar refractivity (Wildman–Crippen MR) is 106 cm³/mol. The maximum Gasteiger partial charge on any atom is 0.416 e. The lowest BCUT2D eigenvalue weighted by Crippen LogP contribution is -2.51. The first-order chi connectivity index (χ1) is 13.7. The molecule has 2 aromatic carbocycles. The molecule has 1 amide bonds. The quantitative estimate of drug-likeness (QED) is 0.750. The number of benzene rings is 2. The Kier molecular flexibility index (Phi) is 4.77. The van der Waals surface area contributed by atoms with Gasteiger partial charge in [0.25, 0.3) is 5.91 Å². The van der Waals surface area contributed by atoms with Crippen molar-refractivity contribution in [3.63, 3.8) is 0 Å². The van der Waals surface area contributed by atoms with Crippen molar-refractivity contribution in [3.05, 3.63) is 65.2 Å². The lowest BCUT2D eigenvalue weighted by Gasteiger charge is -2.30. The molecule has 4 nitrogen and oxygen atoms in total. The van der Waals surface area contributed by atoms with Crippen LogP contribution in [0.3, 0.4) is 0 Å². The van der Waals surface area contributed by atoms with Crippen LogP contribution in [0, 0.1) is 0 Å². The van der Waals surface area contributed by atoms with E-state index in [-0.39, 0.29) is 11.6 Å². The number of para-hydroxylation sites is 1. The number of nitrogens with zero attached hydrogens (tertiary/aromatic N) is 1. The largest absolute Gasteiger partial charge is 0.491 e. The summed E-state index contributed by atoms with van der Waals surface area (Å²) >= 11 is 5.67. The fraction of sp³-hybridized carbons (Fsp3) is 0.333. The van der Waals surface area contributed by atoms with Crippen LogP contribution in [0.5, 0.6) is 5.75 Å². The summed E-state index contributed by atoms with van der Waals surface area (Å²) in [5, 5.41) is 2.85. The van der Waals surface area contributed by atoms with Gasteiger partial charge in [0.1, 0.15) is 17.3 Å². The van der Waals surface area contributed by atoms with Gasteiger partial charge in [0.15, 0.2) is 0 Å². The summed E-state index contributed by atoms with van der Waals surface area (Å²) < 4.78 is 44.6. The second-order valence-corrected chi connectivity index (χ2v) is 7.86. The van der Waals surface area contributed by atoms with Crippen molar-refractivity contribution in [3.8, 4) is 5.75 Å². The predicted octanol–water partition coefficient (Wildman–Crippen LogP) is 4.36. The molecule has 0 aliphatic carbocycles. The first-order valence-corrected chi connectivity index (χ1v) is 9.62. The number of rotatable bonds is 3. The molecule has 1 saturated heterocycles. The molecule has 0 aromatic heterocycles. The number of likely N-dealkylation sites (tertiary alicyclic amines) is 1. The number of carbonyl (C=O) groups is 1. The molecule has 2 heterocycles. The molecule has 29 heavy (non-hydrogen) atoms. The van der Waals surface area contributed by atoms with Crippen LogP contribution in [0.1, 0.15) is 40.9 Å². The van der Waals surface area contributed by atoms with Crippen molar-refractivity contribution < 1.29 is 22.7 Å². The average molecular weight is 420 g/mol. The Morgan fingerprint density at radius 3 is 2.76 bits per heavy atom. The van der Waals surface area contributed by atoms with Crippen molar-refractivity contribution in [2.75, 3.05) is 13.2 Å². The van der Waals surface area contributed by atoms with E-state index in [1.165, 1.54) is 12.1 Å². The van der Waals surface area contributed by atoms with Gasteiger partial charge in [-0.2, -0.15) is 13.2 Å². The highest BCUT2D eigenvalue weighted by Gasteiger charge is 2.45. The number of fused-ring (bicyclic) bond motifs is 1. The highest BCUT2D eigenvalue weighted by atomic mass is 32.1. The average Bonchev–Trinajstić information content (AvgIpc) is 3.23. The van der Waals surface area contributed by atoms with Crippen molar-refractivity contribution in [1.29, 1.82) is 0 Å². The molecule has 0 unspecified atom stereocenters. The molecular weight excluding hydrogens is 401 g/mol. The van der Waals surface area contributed by atoms with E-state index in [0.29, 0.717) is 24.6 Å². The molecular formula is C21H19F3N2O2S. The van der Waals surface area contributed by atoms with Gasteiger partial charge in [0.05, 0.1) is 17.1 Å². The summed E-state index contributed by atoms with van der Waals surface area (Å²) in [5.74, 6) is 0.243. The number of thiocarbonyl (C=S) groups is 1. The zero-order chi connectivity index (χ0) is 20.8. The molecule has 2 aliphatic rings. The van der Waals surface area contributed by atoms with Crippen LogP contribution in [-0.4, -0.2) is 34.5 Å². The van der Waals surface area contributed by atoms with Gasteiger partial charge in [-0.3, -0.25) is 4.79 Å². The maximum atomic E-state index is 12.9. The van der Waals surface area contributed by atoms with Gasteiger partial charge in [-0.25, -0.2) is 0 Å². The van der Waals surface area contributed by atoms with E-state index in [9.17, 15) is 18.0 Å². The van der Waals surface area contributed by atoms with E-state index in [0.717, 1.165) is 23.4 Å². The van der Waals surface area contributed by atoms with Crippen LogP contribution in [0.4, 0.5) is 13.2 Å². The van der Waals surface area contributed by atoms with Crippen LogP contribution in [0.25, 0.3) is 0 Å². The lowest BCUT2D eigenvalue weighted by molar-refractivity contribution is -0.137.